The molecule has 7 heteroatoms. The van der Waals surface area contributed by atoms with Crippen molar-refractivity contribution in [1.82, 2.24) is 4.98 Å². The molecule has 1 aliphatic carbocycles. The maximum absolute atomic E-state index is 13.3. The zero-order chi connectivity index (χ0) is 16.4. The molecule has 4 nitrogen and oxygen atoms in total. The Hall–Kier alpha value is -1.24. The Morgan fingerprint density at radius 1 is 1.35 bits per heavy atom. The molecule has 0 N–H and O–H groups in total. The molecule has 0 radical (unpaired) electrons. The number of anilines is 1. The lowest BCUT2D eigenvalue weighted by Gasteiger charge is -2.31. The van der Waals surface area contributed by atoms with Crippen LogP contribution < -0.4 is 4.90 Å². The lowest BCUT2D eigenvalue weighted by atomic mass is 9.78. The Bertz CT molecular complexity index is 554. The van der Waals surface area contributed by atoms with Gasteiger partial charge in [-0.1, -0.05) is 12.8 Å². The summed E-state index contributed by atoms with van der Waals surface area (Å²) in [6.07, 6.45) is 3.66. The summed E-state index contributed by atoms with van der Waals surface area (Å²) in [4.78, 5) is 18.6. The quantitative estimate of drug-likeness (QED) is 0.782. The van der Waals surface area contributed by atoms with Crippen LogP contribution in [0, 0.1) is 5.92 Å². The SMILES string of the molecule is COC(=O)C1CCCCC1c1csc(N2CCC(F)(F)CC2)n1. The molecule has 1 saturated carbocycles. The third-order valence-corrected chi connectivity index (χ3v) is 5.84. The molecule has 3 rings (SSSR count). The van der Waals surface area contributed by atoms with Crippen molar-refractivity contribution in [1.29, 1.82) is 0 Å². The molecule has 0 bridgehead atoms. The summed E-state index contributed by atoms with van der Waals surface area (Å²) >= 11 is 1.49. The van der Waals surface area contributed by atoms with Crippen molar-refractivity contribution >= 4 is 22.4 Å². The van der Waals surface area contributed by atoms with Gasteiger partial charge in [0.05, 0.1) is 18.7 Å². The Labute approximate surface area is 138 Å². The largest absolute Gasteiger partial charge is 0.469 e. The third kappa shape index (κ3) is 3.65. The van der Waals surface area contributed by atoms with Crippen LogP contribution in [0.3, 0.4) is 0 Å². The van der Waals surface area contributed by atoms with Gasteiger partial charge in [0.2, 0.25) is 0 Å². The van der Waals surface area contributed by atoms with E-state index in [1.54, 1.807) is 0 Å². The number of piperidine rings is 1. The molecule has 1 aromatic rings. The molecule has 1 aliphatic heterocycles. The minimum absolute atomic E-state index is 0.0902. The number of thiazole rings is 1. The van der Waals surface area contributed by atoms with Gasteiger partial charge in [-0.15, -0.1) is 11.3 Å². The van der Waals surface area contributed by atoms with Gasteiger partial charge in [0, 0.05) is 37.2 Å². The molecule has 1 aromatic heterocycles. The highest BCUT2D eigenvalue weighted by atomic mass is 32.1. The summed E-state index contributed by atoms with van der Waals surface area (Å²) in [5, 5.41) is 2.78. The first-order chi connectivity index (χ1) is 11.0. The molecule has 2 atom stereocenters. The number of halogens is 2. The van der Waals surface area contributed by atoms with Gasteiger partial charge in [-0.2, -0.15) is 0 Å². The number of ether oxygens (including phenoxy) is 1. The van der Waals surface area contributed by atoms with Crippen molar-refractivity contribution in [3.05, 3.63) is 11.1 Å². The van der Waals surface area contributed by atoms with Crippen molar-refractivity contribution in [3.63, 3.8) is 0 Å². The minimum atomic E-state index is -2.55. The van der Waals surface area contributed by atoms with E-state index in [1.807, 2.05) is 10.3 Å². The molecule has 2 fully saturated rings. The molecule has 2 unspecified atom stereocenters. The smallest absolute Gasteiger partial charge is 0.309 e. The third-order valence-electron chi connectivity index (χ3n) is 4.93. The molecule has 128 valence electrons. The predicted molar refractivity (Wildman–Crippen MR) is 85.2 cm³/mol. The number of hydrogen-bond donors (Lipinski definition) is 0. The number of rotatable bonds is 3. The second-order valence-corrected chi connectivity index (χ2v) is 7.26. The highest BCUT2D eigenvalue weighted by molar-refractivity contribution is 7.13. The van der Waals surface area contributed by atoms with E-state index in [0.29, 0.717) is 13.1 Å². The monoisotopic (exact) mass is 344 g/mol. The van der Waals surface area contributed by atoms with Gasteiger partial charge in [0.15, 0.2) is 5.13 Å². The van der Waals surface area contributed by atoms with Gasteiger partial charge in [-0.3, -0.25) is 4.79 Å². The molecule has 0 aromatic carbocycles. The van der Waals surface area contributed by atoms with Crippen molar-refractivity contribution in [2.24, 2.45) is 5.92 Å². The van der Waals surface area contributed by atoms with Crippen LogP contribution in [0.1, 0.15) is 50.1 Å². The van der Waals surface area contributed by atoms with Crippen molar-refractivity contribution < 1.29 is 18.3 Å². The number of aromatic nitrogens is 1. The van der Waals surface area contributed by atoms with Crippen LogP contribution in [-0.2, 0) is 9.53 Å². The van der Waals surface area contributed by atoms with Gasteiger partial charge in [0.25, 0.3) is 5.92 Å². The number of hydrogen-bond acceptors (Lipinski definition) is 5. The maximum atomic E-state index is 13.3. The van der Waals surface area contributed by atoms with Gasteiger partial charge in [0.1, 0.15) is 0 Å². The second kappa shape index (κ2) is 6.71. The molecule has 1 saturated heterocycles. The van der Waals surface area contributed by atoms with Gasteiger partial charge in [-0.05, 0) is 12.8 Å². The lowest BCUT2D eigenvalue weighted by molar-refractivity contribution is -0.147. The van der Waals surface area contributed by atoms with Crippen LogP contribution in [0.5, 0.6) is 0 Å². The number of esters is 1. The summed E-state index contributed by atoms with van der Waals surface area (Å²) in [6.45, 7) is 0.677. The van der Waals surface area contributed by atoms with Crippen LogP contribution in [0.15, 0.2) is 5.38 Å². The van der Waals surface area contributed by atoms with E-state index >= 15 is 0 Å². The number of carbonyl (C=O) groups excluding carboxylic acids is 1. The lowest BCUT2D eigenvalue weighted by Crippen LogP contribution is -2.39. The number of alkyl halides is 2. The zero-order valence-electron chi connectivity index (χ0n) is 13.3. The normalized spacial score (nSPS) is 27.7. The molecule has 2 aliphatic rings. The standard InChI is InChI=1S/C16H22F2N2O2S/c1-22-14(21)12-5-3-2-4-11(12)13-10-23-15(19-13)20-8-6-16(17,18)7-9-20/h10-12H,2-9H2,1H3. The Morgan fingerprint density at radius 2 is 2.04 bits per heavy atom. The number of carbonyl (C=O) groups is 1. The van der Waals surface area contributed by atoms with Crippen LogP contribution in [0.2, 0.25) is 0 Å². The first-order valence-corrected chi connectivity index (χ1v) is 9.04. The Kier molecular flexibility index (Phi) is 4.85. The fourth-order valence-electron chi connectivity index (χ4n) is 3.54. The topological polar surface area (TPSA) is 42.4 Å². The number of methoxy groups -OCH3 is 1. The average Bonchev–Trinajstić information content (AvgIpc) is 3.04. The van der Waals surface area contributed by atoms with E-state index in [-0.39, 0.29) is 30.6 Å². The average molecular weight is 344 g/mol. The van der Waals surface area contributed by atoms with E-state index < -0.39 is 5.92 Å². The molecular weight excluding hydrogens is 322 g/mol. The maximum Gasteiger partial charge on any atom is 0.309 e. The van der Waals surface area contributed by atoms with E-state index in [4.69, 9.17) is 4.74 Å². The highest BCUT2D eigenvalue weighted by Crippen LogP contribution is 2.40. The van der Waals surface area contributed by atoms with E-state index in [1.165, 1.54) is 18.4 Å². The Morgan fingerprint density at radius 3 is 2.74 bits per heavy atom. The van der Waals surface area contributed by atoms with Gasteiger partial charge >= 0.3 is 5.97 Å². The predicted octanol–water partition coefficient (Wildman–Crippen LogP) is 3.83. The van der Waals surface area contributed by atoms with Gasteiger partial charge in [-0.25, -0.2) is 13.8 Å². The zero-order valence-corrected chi connectivity index (χ0v) is 14.1. The van der Waals surface area contributed by atoms with Crippen LogP contribution >= 0.6 is 11.3 Å². The van der Waals surface area contributed by atoms with Crippen LogP contribution in [0.4, 0.5) is 13.9 Å². The van der Waals surface area contributed by atoms with Crippen molar-refractivity contribution in [3.8, 4) is 0 Å². The highest BCUT2D eigenvalue weighted by Gasteiger charge is 2.37. The van der Waals surface area contributed by atoms with Crippen molar-refractivity contribution in [2.75, 3.05) is 25.1 Å². The molecular formula is C16H22F2N2O2S. The molecule has 23 heavy (non-hydrogen) atoms. The van der Waals surface area contributed by atoms with E-state index in [9.17, 15) is 13.6 Å². The van der Waals surface area contributed by atoms with Gasteiger partial charge < -0.3 is 9.64 Å². The molecule has 2 heterocycles. The molecule has 0 amide bonds. The van der Waals surface area contributed by atoms with Crippen LogP contribution in [0.25, 0.3) is 0 Å². The van der Waals surface area contributed by atoms with E-state index in [0.717, 1.165) is 36.5 Å². The molecule has 0 spiro atoms. The Balaban J connectivity index is 1.72. The summed E-state index contributed by atoms with van der Waals surface area (Å²) in [5.74, 6) is -2.75. The fourth-order valence-corrected chi connectivity index (χ4v) is 4.48. The number of nitrogens with zero attached hydrogens (tertiary/aromatic N) is 2. The first-order valence-electron chi connectivity index (χ1n) is 8.16. The van der Waals surface area contributed by atoms with Crippen molar-refractivity contribution in [2.45, 2.75) is 50.4 Å². The first kappa shape index (κ1) is 16.6. The summed E-state index contributed by atoms with van der Waals surface area (Å²) in [7, 11) is 1.42. The van der Waals surface area contributed by atoms with Crippen LogP contribution in [-0.4, -0.2) is 37.1 Å². The van der Waals surface area contributed by atoms with E-state index in [2.05, 4.69) is 4.98 Å². The summed E-state index contributed by atoms with van der Waals surface area (Å²) < 4.78 is 31.5. The second-order valence-electron chi connectivity index (χ2n) is 6.42. The summed E-state index contributed by atoms with van der Waals surface area (Å²) in [6, 6.07) is 0. The fraction of sp³-hybridized carbons (Fsp3) is 0.750. The minimum Gasteiger partial charge on any atom is -0.469 e. The summed E-state index contributed by atoms with van der Waals surface area (Å²) in [5.41, 5.74) is 0.914.